The Hall–Kier alpha value is -1.26. The van der Waals surface area contributed by atoms with Gasteiger partial charge in [0, 0.05) is 51.6 Å². The Morgan fingerprint density at radius 3 is 2.74 bits per heavy atom. The summed E-state index contributed by atoms with van der Waals surface area (Å²) >= 11 is 1.77. The molecule has 2 heterocycles. The second-order valence-corrected chi connectivity index (χ2v) is 8.05. The molecule has 8 nitrogen and oxygen atoms in total. The molecule has 0 atom stereocenters. The first-order valence-electron chi connectivity index (χ1n) is 7.38. The number of aliphatic imine (C=N–C) groups is 1. The maximum atomic E-state index is 12.4. The standard InChI is InChI=1S/C13H23N5O3S2/c1-14-13(15-4-10-22-2)17-5-7-18(8-6-17)23(19,20)11-12-3-9-21-16-12/h3,9H,4-8,10-11H2,1-2H3,(H,14,15). The Morgan fingerprint density at radius 1 is 1.43 bits per heavy atom. The third-order valence-electron chi connectivity index (χ3n) is 3.55. The Morgan fingerprint density at radius 2 is 2.17 bits per heavy atom. The first-order chi connectivity index (χ1) is 11.1. The van der Waals surface area contributed by atoms with Gasteiger partial charge in [0.15, 0.2) is 5.96 Å². The maximum absolute atomic E-state index is 12.4. The van der Waals surface area contributed by atoms with Gasteiger partial charge in [-0.25, -0.2) is 8.42 Å². The van der Waals surface area contributed by atoms with Crippen molar-refractivity contribution < 1.29 is 12.9 Å². The van der Waals surface area contributed by atoms with Crippen molar-refractivity contribution in [3.8, 4) is 0 Å². The molecule has 0 aliphatic carbocycles. The second-order valence-electron chi connectivity index (χ2n) is 5.10. The van der Waals surface area contributed by atoms with E-state index in [1.807, 2.05) is 0 Å². The molecule has 23 heavy (non-hydrogen) atoms. The number of guanidine groups is 1. The molecule has 1 aliphatic rings. The number of aromatic nitrogens is 1. The third kappa shape index (κ3) is 5.11. The van der Waals surface area contributed by atoms with Gasteiger partial charge in [-0.2, -0.15) is 16.1 Å². The molecule has 1 aromatic heterocycles. The Balaban J connectivity index is 1.87. The molecule has 1 fully saturated rings. The van der Waals surface area contributed by atoms with E-state index in [0.29, 0.717) is 31.9 Å². The van der Waals surface area contributed by atoms with Crippen LogP contribution in [0.15, 0.2) is 21.8 Å². The lowest BCUT2D eigenvalue weighted by Gasteiger charge is -2.35. The van der Waals surface area contributed by atoms with Gasteiger partial charge in [-0.3, -0.25) is 4.99 Å². The molecule has 130 valence electrons. The normalized spacial score (nSPS) is 17.5. The van der Waals surface area contributed by atoms with Gasteiger partial charge >= 0.3 is 0 Å². The number of rotatable bonds is 6. The first-order valence-corrected chi connectivity index (χ1v) is 10.4. The molecule has 0 saturated carbocycles. The van der Waals surface area contributed by atoms with Gasteiger partial charge in [-0.1, -0.05) is 5.16 Å². The minimum atomic E-state index is -3.36. The number of nitrogens with zero attached hydrogens (tertiary/aromatic N) is 4. The highest BCUT2D eigenvalue weighted by Gasteiger charge is 2.28. The highest BCUT2D eigenvalue weighted by molar-refractivity contribution is 7.98. The topological polar surface area (TPSA) is 91.0 Å². The lowest BCUT2D eigenvalue weighted by atomic mass is 10.4. The largest absolute Gasteiger partial charge is 0.364 e. The van der Waals surface area contributed by atoms with Gasteiger partial charge in [-0.15, -0.1) is 0 Å². The summed E-state index contributed by atoms with van der Waals surface area (Å²) in [5, 5.41) is 6.97. The van der Waals surface area contributed by atoms with Crippen LogP contribution in [0.1, 0.15) is 5.69 Å². The van der Waals surface area contributed by atoms with Gasteiger partial charge in [0.05, 0.1) is 5.69 Å². The van der Waals surface area contributed by atoms with Gasteiger partial charge < -0.3 is 14.7 Å². The van der Waals surface area contributed by atoms with Crippen LogP contribution >= 0.6 is 11.8 Å². The molecule has 1 N–H and O–H groups in total. The number of hydrogen-bond acceptors (Lipinski definition) is 6. The van der Waals surface area contributed by atoms with Crippen molar-refractivity contribution in [3.63, 3.8) is 0 Å². The summed E-state index contributed by atoms with van der Waals surface area (Å²) in [6.07, 6.45) is 3.44. The quantitative estimate of drug-likeness (QED) is 0.435. The summed E-state index contributed by atoms with van der Waals surface area (Å²) in [6.45, 7) is 2.99. The van der Waals surface area contributed by atoms with Crippen LogP contribution < -0.4 is 5.32 Å². The Bertz CT molecular complexity index is 595. The van der Waals surface area contributed by atoms with Crippen LogP contribution in [-0.2, 0) is 15.8 Å². The van der Waals surface area contributed by atoms with Crippen molar-refractivity contribution in [1.29, 1.82) is 0 Å². The molecule has 0 spiro atoms. The van der Waals surface area contributed by atoms with E-state index in [-0.39, 0.29) is 5.75 Å². The van der Waals surface area contributed by atoms with E-state index in [1.54, 1.807) is 24.9 Å². The highest BCUT2D eigenvalue weighted by atomic mass is 32.2. The number of sulfonamides is 1. The fourth-order valence-electron chi connectivity index (χ4n) is 2.37. The Kier molecular flexibility index (Phi) is 6.72. The van der Waals surface area contributed by atoms with Crippen molar-refractivity contribution >= 4 is 27.7 Å². The van der Waals surface area contributed by atoms with Crippen LogP contribution in [0.25, 0.3) is 0 Å². The zero-order chi connectivity index (χ0) is 16.7. The maximum Gasteiger partial charge on any atom is 0.220 e. The van der Waals surface area contributed by atoms with Gasteiger partial charge in [0.2, 0.25) is 10.0 Å². The average molecular weight is 361 g/mol. The molecule has 10 heteroatoms. The zero-order valence-corrected chi connectivity index (χ0v) is 15.1. The van der Waals surface area contributed by atoms with Crippen molar-refractivity contribution in [2.75, 3.05) is 51.8 Å². The van der Waals surface area contributed by atoms with E-state index in [1.165, 1.54) is 10.6 Å². The molecular weight excluding hydrogens is 338 g/mol. The molecule has 1 saturated heterocycles. The van der Waals surface area contributed by atoms with E-state index in [2.05, 4.69) is 26.6 Å². The van der Waals surface area contributed by atoms with Gasteiger partial charge in [0.1, 0.15) is 12.0 Å². The summed E-state index contributed by atoms with van der Waals surface area (Å²) in [5.41, 5.74) is 0.432. The molecule has 0 radical (unpaired) electrons. The van der Waals surface area contributed by atoms with Crippen molar-refractivity contribution in [2.45, 2.75) is 5.75 Å². The molecule has 1 aliphatic heterocycles. The summed E-state index contributed by atoms with van der Waals surface area (Å²) in [6, 6.07) is 1.57. The summed E-state index contributed by atoms with van der Waals surface area (Å²) in [5.74, 6) is 1.71. The van der Waals surface area contributed by atoms with Crippen LogP contribution in [0, 0.1) is 0 Å². The third-order valence-corrected chi connectivity index (χ3v) is 5.98. The van der Waals surface area contributed by atoms with E-state index in [9.17, 15) is 8.42 Å². The van der Waals surface area contributed by atoms with E-state index in [0.717, 1.165) is 18.3 Å². The Labute approximate surface area is 141 Å². The number of piperazine rings is 1. The lowest BCUT2D eigenvalue weighted by molar-refractivity contribution is 0.260. The van der Waals surface area contributed by atoms with E-state index in [4.69, 9.17) is 4.52 Å². The SMILES string of the molecule is CN=C(NCCSC)N1CCN(S(=O)(=O)Cc2ccon2)CC1. The summed E-state index contributed by atoms with van der Waals surface area (Å²) in [4.78, 5) is 6.35. The molecule has 0 bridgehead atoms. The fourth-order valence-corrected chi connectivity index (χ4v) is 4.10. The predicted octanol–water partition coefficient (Wildman–Crippen LogP) is 0.0604. The highest BCUT2D eigenvalue weighted by Crippen LogP contribution is 2.12. The monoisotopic (exact) mass is 361 g/mol. The smallest absolute Gasteiger partial charge is 0.220 e. The molecule has 0 amide bonds. The minimum Gasteiger partial charge on any atom is -0.364 e. The number of nitrogens with one attached hydrogen (secondary N) is 1. The molecule has 1 aromatic rings. The lowest BCUT2D eigenvalue weighted by Crippen LogP contribution is -2.54. The van der Waals surface area contributed by atoms with Crippen LogP contribution in [0.4, 0.5) is 0 Å². The molecule has 0 unspecified atom stereocenters. The van der Waals surface area contributed by atoms with Crippen LogP contribution in [0.3, 0.4) is 0 Å². The number of hydrogen-bond donors (Lipinski definition) is 1. The van der Waals surface area contributed by atoms with E-state index >= 15 is 0 Å². The summed E-state index contributed by atoms with van der Waals surface area (Å²) < 4.78 is 31.0. The summed E-state index contributed by atoms with van der Waals surface area (Å²) in [7, 11) is -1.62. The molecule has 0 aromatic carbocycles. The van der Waals surface area contributed by atoms with Gasteiger partial charge in [-0.05, 0) is 6.26 Å². The number of thioether (sulfide) groups is 1. The van der Waals surface area contributed by atoms with Crippen LogP contribution in [0.2, 0.25) is 0 Å². The predicted molar refractivity (Wildman–Crippen MR) is 92.0 cm³/mol. The van der Waals surface area contributed by atoms with Crippen molar-refractivity contribution in [1.82, 2.24) is 19.7 Å². The molecular formula is C13H23N5O3S2. The fraction of sp³-hybridized carbons (Fsp3) is 0.692. The minimum absolute atomic E-state index is 0.121. The molecule has 2 rings (SSSR count). The second kappa shape index (κ2) is 8.55. The van der Waals surface area contributed by atoms with Crippen molar-refractivity contribution in [2.24, 2.45) is 4.99 Å². The van der Waals surface area contributed by atoms with Crippen LogP contribution in [-0.4, -0.2) is 80.5 Å². The van der Waals surface area contributed by atoms with Crippen LogP contribution in [0.5, 0.6) is 0 Å². The van der Waals surface area contributed by atoms with Crippen molar-refractivity contribution in [3.05, 3.63) is 18.0 Å². The van der Waals surface area contributed by atoms with E-state index < -0.39 is 10.0 Å². The zero-order valence-electron chi connectivity index (χ0n) is 13.4. The average Bonchev–Trinajstić information content (AvgIpc) is 3.04. The van der Waals surface area contributed by atoms with Gasteiger partial charge in [0.25, 0.3) is 0 Å². The first kappa shape index (κ1) is 18.1.